The molecule has 0 radical (unpaired) electrons. The number of nitrogens with zero attached hydrogens (tertiary/aromatic N) is 2. The first kappa shape index (κ1) is 41.9. The van der Waals surface area contributed by atoms with E-state index in [1.54, 1.807) is 0 Å². The van der Waals surface area contributed by atoms with E-state index < -0.39 is 5.41 Å². The average Bonchev–Trinajstić information content (AvgIpc) is 4.03. The molecule has 0 unspecified atom stereocenters. The fourth-order valence-corrected chi connectivity index (χ4v) is 12.8. The molecule has 0 fully saturated rings. The summed E-state index contributed by atoms with van der Waals surface area (Å²) in [6.45, 7) is 4.83. The molecule has 0 bridgehead atoms. The predicted molar refractivity (Wildman–Crippen MR) is 301 cm³/mol. The predicted octanol–water partition coefficient (Wildman–Crippen LogP) is 18.3. The van der Waals surface area contributed by atoms with Crippen LogP contribution in [0.25, 0.3) is 72.0 Å². The van der Waals surface area contributed by atoms with Crippen LogP contribution in [0, 0.1) is 0 Å². The molecule has 2 nitrogen and oxygen atoms in total. The summed E-state index contributed by atoms with van der Waals surface area (Å²) < 4.78 is 2.50. The summed E-state index contributed by atoms with van der Waals surface area (Å²) in [4.78, 5) is 2.46. The maximum Gasteiger partial charge on any atom is 0.0713 e. The van der Waals surface area contributed by atoms with Crippen molar-refractivity contribution in [3.63, 3.8) is 0 Å². The van der Waals surface area contributed by atoms with Gasteiger partial charge in [-0.1, -0.05) is 226 Å². The first-order valence-electron chi connectivity index (χ1n) is 25.2. The normalized spacial score (nSPS) is 13.6. The van der Waals surface area contributed by atoms with Crippen molar-refractivity contribution in [1.82, 2.24) is 4.57 Å². The molecule has 14 rings (SSSR count). The molecule has 1 heterocycles. The SMILES string of the molecule is CC1(C)c2ccc3c4ccccc4n(-c4ccccc4)c3c2-c2cc(N(c3ccccc3)c3cccc(-c4ccc(C5(c6ccccc6)c6ccccc6-c6ccccc65)cc4)c3)cc(-c3ccccc3)c21. The number of para-hydroxylation sites is 3. The van der Waals surface area contributed by atoms with Crippen LogP contribution in [0.1, 0.15) is 47.2 Å². The van der Waals surface area contributed by atoms with Gasteiger partial charge in [0, 0.05) is 44.5 Å². The second-order valence-corrected chi connectivity index (χ2v) is 20.0. The van der Waals surface area contributed by atoms with Crippen LogP contribution in [-0.2, 0) is 10.8 Å². The summed E-state index contributed by atoms with van der Waals surface area (Å²) in [6, 6.07) is 98.9. The third-order valence-electron chi connectivity index (χ3n) is 15.8. The number of fused-ring (bicyclic) bond motifs is 10. The van der Waals surface area contributed by atoms with E-state index in [9.17, 15) is 0 Å². The number of hydrogen-bond acceptors (Lipinski definition) is 1. The van der Waals surface area contributed by atoms with Crippen LogP contribution in [0.5, 0.6) is 0 Å². The molecule has 2 aliphatic carbocycles. The number of anilines is 3. The van der Waals surface area contributed by atoms with Gasteiger partial charge in [-0.25, -0.2) is 0 Å². The Kier molecular flexibility index (Phi) is 9.50. The van der Waals surface area contributed by atoms with E-state index in [-0.39, 0.29) is 5.41 Å². The van der Waals surface area contributed by atoms with Crippen LogP contribution >= 0.6 is 0 Å². The maximum atomic E-state index is 2.50. The van der Waals surface area contributed by atoms with Gasteiger partial charge in [0.05, 0.1) is 16.4 Å². The highest BCUT2D eigenvalue weighted by Crippen LogP contribution is 2.59. The van der Waals surface area contributed by atoms with Gasteiger partial charge in [0.2, 0.25) is 0 Å². The van der Waals surface area contributed by atoms with Crippen molar-refractivity contribution in [2.24, 2.45) is 0 Å². The third kappa shape index (κ3) is 6.15. The second kappa shape index (κ2) is 16.3. The molecular formula is C70H50N2. The number of rotatable bonds is 8. The Morgan fingerprint density at radius 2 is 0.903 bits per heavy atom. The smallest absolute Gasteiger partial charge is 0.0713 e. The molecule has 0 saturated carbocycles. The van der Waals surface area contributed by atoms with E-state index in [0.717, 1.165) is 28.3 Å². The van der Waals surface area contributed by atoms with E-state index >= 15 is 0 Å². The summed E-state index contributed by atoms with van der Waals surface area (Å²) in [5.74, 6) is 0. The van der Waals surface area contributed by atoms with Crippen molar-refractivity contribution < 1.29 is 0 Å². The minimum absolute atomic E-state index is 0.286. The van der Waals surface area contributed by atoms with Gasteiger partial charge in [-0.15, -0.1) is 0 Å². The Morgan fingerprint density at radius 3 is 1.61 bits per heavy atom. The van der Waals surface area contributed by atoms with Gasteiger partial charge < -0.3 is 9.47 Å². The van der Waals surface area contributed by atoms with Crippen LogP contribution in [0.2, 0.25) is 0 Å². The van der Waals surface area contributed by atoms with Crippen molar-refractivity contribution in [3.05, 3.63) is 300 Å². The fraction of sp³-hybridized carbons (Fsp3) is 0.0571. The van der Waals surface area contributed by atoms with Crippen molar-refractivity contribution in [2.75, 3.05) is 4.90 Å². The lowest BCUT2D eigenvalue weighted by molar-refractivity contribution is 0.662. The van der Waals surface area contributed by atoms with Crippen molar-refractivity contribution in [3.8, 4) is 50.2 Å². The summed E-state index contributed by atoms with van der Waals surface area (Å²) in [7, 11) is 0. The van der Waals surface area contributed by atoms with E-state index in [0.29, 0.717) is 0 Å². The number of benzene rings is 11. The minimum Gasteiger partial charge on any atom is -0.310 e. The molecule has 2 aliphatic rings. The lowest BCUT2D eigenvalue weighted by Crippen LogP contribution is -2.28. The number of aromatic nitrogens is 1. The molecule has 72 heavy (non-hydrogen) atoms. The summed E-state index contributed by atoms with van der Waals surface area (Å²) in [5.41, 5.74) is 24.0. The molecular weight excluding hydrogens is 869 g/mol. The summed E-state index contributed by atoms with van der Waals surface area (Å²) >= 11 is 0. The molecule has 0 spiro atoms. The zero-order valence-corrected chi connectivity index (χ0v) is 40.3. The number of hydrogen-bond donors (Lipinski definition) is 0. The Hall–Kier alpha value is -8.98. The topological polar surface area (TPSA) is 8.17 Å². The molecule has 0 N–H and O–H groups in total. The largest absolute Gasteiger partial charge is 0.310 e. The maximum absolute atomic E-state index is 2.50. The van der Waals surface area contributed by atoms with Gasteiger partial charge in [-0.05, 0) is 127 Å². The standard InChI is InChI=1S/C70H50N2/c1-69(2)64-43-42-59-58-34-17-20-37-65(58)72(53-29-13-6-14-30-53)68(59)66(64)61-46-55(45-60(67(61)69)48-22-7-3-8-23-48)71(52-27-11-5-12-28-52)54-31-21-24-49(44-54)47-38-40-51(41-39-47)70(50-25-9-4-10-26-50)62-35-18-15-32-56(62)57-33-16-19-36-63(57)70/h3-46H,1-2H3. The summed E-state index contributed by atoms with van der Waals surface area (Å²) in [6.07, 6.45) is 0. The molecule has 1 aromatic heterocycles. The van der Waals surface area contributed by atoms with Crippen molar-refractivity contribution in [2.45, 2.75) is 24.7 Å². The van der Waals surface area contributed by atoms with Gasteiger partial charge in [0.15, 0.2) is 0 Å². The highest BCUT2D eigenvalue weighted by Gasteiger charge is 2.46. The zero-order chi connectivity index (χ0) is 48.0. The van der Waals surface area contributed by atoms with E-state index in [1.165, 1.54) is 94.1 Å². The average molecular weight is 919 g/mol. The Bertz CT molecular complexity index is 3990. The molecule has 0 amide bonds. The molecule has 2 heteroatoms. The van der Waals surface area contributed by atoms with Gasteiger partial charge in [0.1, 0.15) is 0 Å². The Morgan fingerprint density at radius 1 is 0.347 bits per heavy atom. The summed E-state index contributed by atoms with van der Waals surface area (Å²) in [5, 5.41) is 2.52. The van der Waals surface area contributed by atoms with E-state index in [4.69, 9.17) is 0 Å². The second-order valence-electron chi connectivity index (χ2n) is 20.0. The molecule has 0 aliphatic heterocycles. The first-order chi connectivity index (χ1) is 35.5. The highest BCUT2D eigenvalue weighted by molar-refractivity contribution is 6.16. The lowest BCUT2D eigenvalue weighted by atomic mass is 9.67. The highest BCUT2D eigenvalue weighted by atomic mass is 15.1. The van der Waals surface area contributed by atoms with E-state index in [2.05, 4.69) is 290 Å². The lowest BCUT2D eigenvalue weighted by Gasteiger charge is -2.34. The van der Waals surface area contributed by atoms with Crippen LogP contribution in [0.15, 0.2) is 267 Å². The van der Waals surface area contributed by atoms with E-state index in [1.807, 2.05) is 0 Å². The molecule has 12 aromatic rings. The Balaban J connectivity index is 0.964. The first-order valence-corrected chi connectivity index (χ1v) is 25.2. The van der Waals surface area contributed by atoms with Gasteiger partial charge >= 0.3 is 0 Å². The van der Waals surface area contributed by atoms with Crippen LogP contribution < -0.4 is 4.90 Å². The molecule has 340 valence electrons. The van der Waals surface area contributed by atoms with Crippen LogP contribution in [-0.4, -0.2) is 4.57 Å². The van der Waals surface area contributed by atoms with Crippen molar-refractivity contribution >= 4 is 38.9 Å². The van der Waals surface area contributed by atoms with Gasteiger partial charge in [0.25, 0.3) is 0 Å². The van der Waals surface area contributed by atoms with Crippen LogP contribution in [0.4, 0.5) is 17.1 Å². The fourth-order valence-electron chi connectivity index (χ4n) is 12.8. The molecule has 0 atom stereocenters. The third-order valence-corrected chi connectivity index (χ3v) is 15.8. The Labute approximate surface area is 421 Å². The molecule has 0 saturated heterocycles. The monoisotopic (exact) mass is 918 g/mol. The van der Waals surface area contributed by atoms with Crippen LogP contribution in [0.3, 0.4) is 0 Å². The quantitative estimate of drug-likeness (QED) is 0.147. The molecule has 11 aromatic carbocycles. The minimum atomic E-state index is -0.447. The van der Waals surface area contributed by atoms with Gasteiger partial charge in [-0.2, -0.15) is 0 Å². The van der Waals surface area contributed by atoms with Crippen molar-refractivity contribution in [1.29, 1.82) is 0 Å². The zero-order valence-electron chi connectivity index (χ0n) is 40.3. The van der Waals surface area contributed by atoms with Gasteiger partial charge in [-0.3, -0.25) is 0 Å².